The van der Waals surface area contributed by atoms with Crippen molar-refractivity contribution in [2.24, 2.45) is 0 Å². The minimum atomic E-state index is -0.246. The van der Waals surface area contributed by atoms with E-state index in [0.717, 1.165) is 16.2 Å². The van der Waals surface area contributed by atoms with Crippen LogP contribution >= 0.6 is 11.8 Å². The monoisotopic (exact) mass is 337 g/mol. The summed E-state index contributed by atoms with van der Waals surface area (Å²) in [4.78, 5) is 0. The van der Waals surface area contributed by atoms with Crippen LogP contribution in [-0.4, -0.2) is 25.3 Å². The summed E-state index contributed by atoms with van der Waals surface area (Å²) in [6, 6.07) is 20.3. The maximum absolute atomic E-state index is 13.3. The molecule has 4 rings (SSSR count). The Labute approximate surface area is 141 Å². The fourth-order valence-electron chi connectivity index (χ4n) is 2.41. The van der Waals surface area contributed by atoms with Gasteiger partial charge in [-0.15, -0.1) is 14.8 Å². The van der Waals surface area contributed by atoms with Crippen molar-refractivity contribution in [2.45, 2.75) is 10.3 Å². The summed E-state index contributed by atoms with van der Waals surface area (Å²) in [5, 5.41) is 16.5. The Morgan fingerprint density at radius 3 is 2.42 bits per heavy atom. The molecule has 24 heavy (non-hydrogen) atoms. The van der Waals surface area contributed by atoms with Crippen LogP contribution in [0.2, 0.25) is 0 Å². The Bertz CT molecular complexity index is 956. The van der Waals surface area contributed by atoms with Gasteiger partial charge in [0, 0.05) is 0 Å². The SMILES string of the molecule is Fc1ccc([C@H](Sc2ccc3nnnn3n2)c2ccccc2)cc1. The van der Waals surface area contributed by atoms with Gasteiger partial charge in [0.05, 0.1) is 5.25 Å². The van der Waals surface area contributed by atoms with Crippen molar-refractivity contribution in [1.29, 1.82) is 0 Å². The number of thioether (sulfide) groups is 1. The van der Waals surface area contributed by atoms with E-state index in [1.165, 1.54) is 16.8 Å². The van der Waals surface area contributed by atoms with Crippen LogP contribution in [0.15, 0.2) is 71.8 Å². The van der Waals surface area contributed by atoms with Crippen molar-refractivity contribution in [3.05, 3.63) is 83.7 Å². The summed E-state index contributed by atoms with van der Waals surface area (Å²) in [7, 11) is 0. The zero-order valence-electron chi connectivity index (χ0n) is 12.5. The third kappa shape index (κ3) is 2.98. The van der Waals surface area contributed by atoms with E-state index in [1.807, 2.05) is 30.3 Å². The molecule has 2 aromatic carbocycles. The third-order valence-corrected chi connectivity index (χ3v) is 4.80. The van der Waals surface area contributed by atoms with Gasteiger partial charge in [0.1, 0.15) is 10.8 Å². The minimum absolute atomic E-state index is 0.00627. The van der Waals surface area contributed by atoms with E-state index in [1.54, 1.807) is 23.9 Å². The molecule has 0 aliphatic carbocycles. The molecule has 0 unspecified atom stereocenters. The van der Waals surface area contributed by atoms with E-state index in [9.17, 15) is 4.39 Å². The molecular formula is C17H12FN5S. The average Bonchev–Trinajstić information content (AvgIpc) is 3.09. The van der Waals surface area contributed by atoms with Gasteiger partial charge < -0.3 is 0 Å². The molecule has 0 saturated heterocycles. The Morgan fingerprint density at radius 1 is 0.875 bits per heavy atom. The van der Waals surface area contributed by atoms with E-state index in [4.69, 9.17) is 0 Å². The highest BCUT2D eigenvalue weighted by atomic mass is 32.2. The highest BCUT2D eigenvalue weighted by molar-refractivity contribution is 7.99. The predicted molar refractivity (Wildman–Crippen MR) is 89.1 cm³/mol. The average molecular weight is 337 g/mol. The Kier molecular flexibility index (Phi) is 3.92. The van der Waals surface area contributed by atoms with Crippen LogP contribution in [0.5, 0.6) is 0 Å². The molecule has 118 valence electrons. The molecule has 0 aliphatic rings. The maximum Gasteiger partial charge on any atom is 0.200 e. The lowest BCUT2D eigenvalue weighted by Gasteiger charge is -2.17. The lowest BCUT2D eigenvalue weighted by molar-refractivity contribution is 0.627. The van der Waals surface area contributed by atoms with Crippen LogP contribution in [0.25, 0.3) is 5.65 Å². The number of nitrogens with zero attached hydrogens (tertiary/aromatic N) is 5. The number of rotatable bonds is 4. The Morgan fingerprint density at radius 2 is 1.62 bits per heavy atom. The first-order valence-electron chi connectivity index (χ1n) is 7.32. The second-order valence-electron chi connectivity index (χ2n) is 5.16. The topological polar surface area (TPSA) is 56.0 Å². The van der Waals surface area contributed by atoms with Crippen molar-refractivity contribution >= 4 is 17.4 Å². The van der Waals surface area contributed by atoms with Gasteiger partial charge in [-0.2, -0.15) is 0 Å². The summed E-state index contributed by atoms with van der Waals surface area (Å²) in [6.45, 7) is 0. The van der Waals surface area contributed by atoms with Gasteiger partial charge >= 0.3 is 0 Å². The van der Waals surface area contributed by atoms with Gasteiger partial charge in [0.2, 0.25) is 0 Å². The van der Waals surface area contributed by atoms with Gasteiger partial charge in [-0.25, -0.2) is 4.39 Å². The van der Waals surface area contributed by atoms with Gasteiger partial charge in [-0.05, 0) is 45.8 Å². The molecule has 7 heteroatoms. The summed E-state index contributed by atoms with van der Waals surface area (Å²) < 4.78 is 14.7. The molecule has 0 fully saturated rings. The molecule has 0 N–H and O–H groups in total. The number of tetrazole rings is 1. The lowest BCUT2D eigenvalue weighted by atomic mass is 10.0. The highest BCUT2D eigenvalue weighted by Crippen LogP contribution is 2.39. The molecule has 4 aromatic rings. The smallest absolute Gasteiger partial charge is 0.200 e. The van der Waals surface area contributed by atoms with Crippen molar-refractivity contribution in [3.63, 3.8) is 0 Å². The summed E-state index contributed by atoms with van der Waals surface area (Å²) in [6.07, 6.45) is 0. The van der Waals surface area contributed by atoms with Crippen LogP contribution < -0.4 is 0 Å². The molecular weight excluding hydrogens is 325 g/mol. The fourth-order valence-corrected chi connectivity index (χ4v) is 3.51. The van der Waals surface area contributed by atoms with E-state index in [-0.39, 0.29) is 11.1 Å². The highest BCUT2D eigenvalue weighted by Gasteiger charge is 2.17. The molecule has 0 saturated carbocycles. The van der Waals surface area contributed by atoms with Gasteiger partial charge in [0.15, 0.2) is 5.65 Å². The van der Waals surface area contributed by atoms with E-state index >= 15 is 0 Å². The van der Waals surface area contributed by atoms with Gasteiger partial charge in [-0.1, -0.05) is 54.2 Å². The predicted octanol–water partition coefficient (Wildman–Crippen LogP) is 3.54. The largest absolute Gasteiger partial charge is 0.207 e. The molecule has 2 aromatic heterocycles. The number of fused-ring (bicyclic) bond motifs is 1. The number of halogens is 1. The van der Waals surface area contributed by atoms with Crippen molar-refractivity contribution < 1.29 is 4.39 Å². The van der Waals surface area contributed by atoms with Crippen LogP contribution in [-0.2, 0) is 0 Å². The molecule has 0 amide bonds. The van der Waals surface area contributed by atoms with E-state index in [2.05, 4.69) is 32.8 Å². The standard InChI is InChI=1S/C17H12FN5S/c18-14-8-6-13(7-9-14)17(12-4-2-1-3-5-12)24-16-11-10-15-19-21-22-23(15)20-16/h1-11,17H/t17-/m1/s1. The number of hydrogen-bond acceptors (Lipinski definition) is 5. The maximum atomic E-state index is 13.3. The van der Waals surface area contributed by atoms with Crippen LogP contribution in [0.1, 0.15) is 16.4 Å². The molecule has 2 heterocycles. The Hall–Kier alpha value is -2.80. The summed E-state index contributed by atoms with van der Waals surface area (Å²) in [5.74, 6) is -0.246. The normalized spacial score (nSPS) is 12.4. The second kappa shape index (κ2) is 6.37. The first-order chi connectivity index (χ1) is 11.8. The molecule has 1 atom stereocenters. The molecule has 0 spiro atoms. The van der Waals surface area contributed by atoms with Crippen LogP contribution in [0.3, 0.4) is 0 Å². The lowest BCUT2D eigenvalue weighted by Crippen LogP contribution is -2.00. The quantitative estimate of drug-likeness (QED) is 0.533. The first kappa shape index (κ1) is 14.8. The van der Waals surface area contributed by atoms with Gasteiger partial charge in [-0.3, -0.25) is 0 Å². The first-order valence-corrected chi connectivity index (χ1v) is 8.20. The number of benzene rings is 2. The van der Waals surface area contributed by atoms with E-state index in [0.29, 0.717) is 5.65 Å². The molecule has 0 bridgehead atoms. The number of aromatic nitrogens is 5. The molecule has 0 aliphatic heterocycles. The Balaban J connectivity index is 1.73. The molecule has 0 radical (unpaired) electrons. The van der Waals surface area contributed by atoms with Crippen LogP contribution in [0.4, 0.5) is 4.39 Å². The van der Waals surface area contributed by atoms with E-state index < -0.39 is 0 Å². The molecule has 5 nitrogen and oxygen atoms in total. The summed E-state index contributed by atoms with van der Waals surface area (Å²) in [5.41, 5.74) is 2.72. The van der Waals surface area contributed by atoms with Crippen LogP contribution in [0, 0.1) is 5.82 Å². The summed E-state index contributed by atoms with van der Waals surface area (Å²) >= 11 is 1.57. The van der Waals surface area contributed by atoms with Crippen molar-refractivity contribution in [2.75, 3.05) is 0 Å². The zero-order chi connectivity index (χ0) is 16.4. The zero-order valence-corrected chi connectivity index (χ0v) is 13.3. The van der Waals surface area contributed by atoms with Crippen molar-refractivity contribution in [1.82, 2.24) is 25.3 Å². The van der Waals surface area contributed by atoms with Gasteiger partial charge in [0.25, 0.3) is 0 Å². The number of hydrogen-bond donors (Lipinski definition) is 0. The fraction of sp³-hybridized carbons (Fsp3) is 0.0588. The third-order valence-electron chi connectivity index (χ3n) is 3.56. The second-order valence-corrected chi connectivity index (χ2v) is 6.28. The minimum Gasteiger partial charge on any atom is -0.207 e. The van der Waals surface area contributed by atoms with Crippen molar-refractivity contribution in [3.8, 4) is 0 Å².